The van der Waals surface area contributed by atoms with E-state index in [1.54, 1.807) is 6.92 Å². The average molecular weight is 164 g/mol. The number of carboxylic acid groups (broad SMARTS) is 1. The molecule has 0 N–H and O–H groups in total. The van der Waals surface area contributed by atoms with Crippen LogP contribution in [0.3, 0.4) is 0 Å². The number of aliphatic carboxylic acids is 1. The van der Waals surface area contributed by atoms with Crippen molar-refractivity contribution in [3.63, 3.8) is 0 Å². The molecular formula is C6H8ClO3-. The highest BCUT2D eigenvalue weighted by Crippen LogP contribution is 2.08. The van der Waals surface area contributed by atoms with Crippen molar-refractivity contribution in [1.29, 1.82) is 0 Å². The van der Waals surface area contributed by atoms with Crippen LogP contribution in [0.2, 0.25) is 0 Å². The minimum atomic E-state index is -1.39. The fourth-order valence-electron chi connectivity index (χ4n) is 0.613. The Morgan fingerprint density at radius 2 is 2.10 bits per heavy atom. The molecule has 0 aliphatic carbocycles. The van der Waals surface area contributed by atoms with Crippen LogP contribution in [0.25, 0.3) is 0 Å². The second-order valence-electron chi connectivity index (χ2n) is 1.96. The van der Waals surface area contributed by atoms with Gasteiger partial charge in [-0.2, -0.15) is 0 Å². The largest absolute Gasteiger partial charge is 0.549 e. The van der Waals surface area contributed by atoms with Crippen molar-refractivity contribution in [3.8, 4) is 0 Å². The molecule has 0 saturated carbocycles. The lowest BCUT2D eigenvalue weighted by molar-refractivity contribution is -0.309. The second-order valence-corrected chi connectivity index (χ2v) is 2.34. The number of hydrogen-bond donors (Lipinski definition) is 0. The molecule has 0 radical (unpaired) electrons. The molecule has 0 aliphatic rings. The van der Waals surface area contributed by atoms with Crippen molar-refractivity contribution in [1.82, 2.24) is 0 Å². The third-order valence-corrected chi connectivity index (χ3v) is 1.40. The normalized spacial score (nSPS) is 12.6. The fraction of sp³-hybridized carbons (Fsp3) is 0.667. The van der Waals surface area contributed by atoms with Gasteiger partial charge in [0.2, 0.25) is 5.24 Å². The van der Waals surface area contributed by atoms with Gasteiger partial charge in [-0.25, -0.2) is 0 Å². The third-order valence-electron chi connectivity index (χ3n) is 1.14. The molecule has 0 amide bonds. The maximum atomic E-state index is 10.3. The van der Waals surface area contributed by atoms with Crippen molar-refractivity contribution >= 4 is 22.8 Å². The lowest BCUT2D eigenvalue weighted by Gasteiger charge is -2.10. The van der Waals surface area contributed by atoms with Gasteiger partial charge in [0.25, 0.3) is 0 Å². The van der Waals surface area contributed by atoms with Crippen molar-refractivity contribution < 1.29 is 14.7 Å². The van der Waals surface area contributed by atoms with Gasteiger partial charge in [-0.05, 0) is 18.0 Å². The maximum absolute atomic E-state index is 10.3. The van der Waals surface area contributed by atoms with Gasteiger partial charge in [0, 0.05) is 0 Å². The van der Waals surface area contributed by atoms with Gasteiger partial charge in [0.1, 0.15) is 0 Å². The Hall–Kier alpha value is -0.570. The molecule has 0 bridgehead atoms. The summed E-state index contributed by atoms with van der Waals surface area (Å²) < 4.78 is 0. The van der Waals surface area contributed by atoms with Crippen molar-refractivity contribution in [2.24, 2.45) is 5.92 Å². The molecule has 0 fully saturated rings. The molecule has 3 nitrogen and oxygen atoms in total. The van der Waals surface area contributed by atoms with E-state index in [4.69, 9.17) is 11.6 Å². The zero-order valence-corrected chi connectivity index (χ0v) is 6.35. The predicted molar refractivity (Wildman–Crippen MR) is 34.3 cm³/mol. The Balaban J connectivity index is 3.98. The highest BCUT2D eigenvalue weighted by atomic mass is 35.5. The number of carboxylic acids is 1. The minimum Gasteiger partial charge on any atom is -0.549 e. The van der Waals surface area contributed by atoms with Gasteiger partial charge >= 0.3 is 0 Å². The van der Waals surface area contributed by atoms with Gasteiger partial charge < -0.3 is 9.90 Å². The molecule has 0 saturated heterocycles. The molecule has 1 atom stereocenters. The summed E-state index contributed by atoms with van der Waals surface area (Å²) in [4.78, 5) is 20.4. The number of hydrogen-bond acceptors (Lipinski definition) is 3. The van der Waals surface area contributed by atoms with Gasteiger partial charge in [0.15, 0.2) is 0 Å². The van der Waals surface area contributed by atoms with Gasteiger partial charge in [-0.15, -0.1) is 0 Å². The quantitative estimate of drug-likeness (QED) is 0.430. The lowest BCUT2D eigenvalue weighted by atomic mass is 10.1. The first-order valence-electron chi connectivity index (χ1n) is 2.99. The summed E-state index contributed by atoms with van der Waals surface area (Å²) >= 11 is 4.96. The van der Waals surface area contributed by atoms with Crippen LogP contribution < -0.4 is 5.11 Å². The number of carbonyl (C=O) groups is 2. The molecule has 58 valence electrons. The van der Waals surface area contributed by atoms with Crippen LogP contribution in [0.1, 0.15) is 19.8 Å². The number of rotatable bonds is 4. The molecule has 10 heavy (non-hydrogen) atoms. The predicted octanol–water partition coefficient (Wildman–Crippen LogP) is -0.0820. The van der Waals surface area contributed by atoms with E-state index in [1.165, 1.54) is 0 Å². The smallest absolute Gasteiger partial charge is 0.230 e. The van der Waals surface area contributed by atoms with Crippen LogP contribution in [-0.4, -0.2) is 11.2 Å². The molecule has 4 heteroatoms. The van der Waals surface area contributed by atoms with Gasteiger partial charge in [0.05, 0.1) is 11.9 Å². The highest BCUT2D eigenvalue weighted by molar-refractivity contribution is 6.65. The molecule has 0 rings (SSSR count). The van der Waals surface area contributed by atoms with Crippen LogP contribution in [0.4, 0.5) is 0 Å². The molecule has 1 unspecified atom stereocenters. The molecule has 0 aromatic rings. The summed E-state index contributed by atoms with van der Waals surface area (Å²) in [5, 5.41) is 9.27. The highest BCUT2D eigenvalue weighted by Gasteiger charge is 2.15. The fourth-order valence-corrected chi connectivity index (χ4v) is 0.811. The zero-order valence-electron chi connectivity index (χ0n) is 5.59. The lowest BCUT2D eigenvalue weighted by Crippen LogP contribution is -2.34. The summed E-state index contributed by atoms with van der Waals surface area (Å²) in [5.74, 6) is -2.52. The maximum Gasteiger partial charge on any atom is 0.230 e. The zero-order chi connectivity index (χ0) is 8.15. The van der Waals surface area contributed by atoms with Crippen LogP contribution in [0, 0.1) is 5.92 Å². The first-order chi connectivity index (χ1) is 4.59. The Labute approximate surface area is 64.0 Å². The molecule has 0 spiro atoms. The van der Waals surface area contributed by atoms with E-state index in [0.29, 0.717) is 6.42 Å². The standard InChI is InChI=1S/C6H9ClO3/c1-2-3-4(5(7)8)6(9)10/h4H,2-3H2,1H3,(H,9,10)/p-1. The Bertz CT molecular complexity index is 130. The van der Waals surface area contributed by atoms with Gasteiger partial charge in [-0.3, -0.25) is 4.79 Å². The molecule has 0 heterocycles. The molecule has 0 aromatic heterocycles. The second kappa shape index (κ2) is 4.28. The van der Waals surface area contributed by atoms with Crippen molar-refractivity contribution in [3.05, 3.63) is 0 Å². The molecule has 0 aliphatic heterocycles. The van der Waals surface area contributed by atoms with Crippen LogP contribution >= 0.6 is 11.6 Å². The van der Waals surface area contributed by atoms with E-state index < -0.39 is 17.1 Å². The van der Waals surface area contributed by atoms with E-state index in [0.717, 1.165) is 0 Å². The summed E-state index contributed by atoms with van der Waals surface area (Å²) in [7, 11) is 0. The molecular weight excluding hydrogens is 156 g/mol. The van der Waals surface area contributed by atoms with E-state index in [9.17, 15) is 14.7 Å². The first kappa shape index (κ1) is 9.43. The third kappa shape index (κ3) is 2.82. The van der Waals surface area contributed by atoms with E-state index in [-0.39, 0.29) is 6.42 Å². The van der Waals surface area contributed by atoms with Crippen LogP contribution in [0.5, 0.6) is 0 Å². The summed E-state index contributed by atoms with van der Waals surface area (Å²) in [6.07, 6.45) is 0.863. The van der Waals surface area contributed by atoms with Crippen molar-refractivity contribution in [2.45, 2.75) is 19.8 Å². The van der Waals surface area contributed by atoms with Crippen molar-refractivity contribution in [2.75, 3.05) is 0 Å². The number of carbonyl (C=O) groups excluding carboxylic acids is 2. The van der Waals surface area contributed by atoms with E-state index in [1.807, 2.05) is 0 Å². The summed E-state index contributed by atoms with van der Waals surface area (Å²) in [6.45, 7) is 1.77. The van der Waals surface area contributed by atoms with Crippen LogP contribution in [0.15, 0.2) is 0 Å². The van der Waals surface area contributed by atoms with Crippen LogP contribution in [-0.2, 0) is 9.59 Å². The van der Waals surface area contributed by atoms with E-state index >= 15 is 0 Å². The van der Waals surface area contributed by atoms with Gasteiger partial charge in [-0.1, -0.05) is 13.3 Å². The monoisotopic (exact) mass is 163 g/mol. The molecule has 0 aromatic carbocycles. The summed E-state index contributed by atoms with van der Waals surface area (Å²) in [5.41, 5.74) is 0. The minimum absolute atomic E-state index is 0.255. The first-order valence-corrected chi connectivity index (χ1v) is 3.37. The Morgan fingerprint density at radius 1 is 1.60 bits per heavy atom. The SMILES string of the molecule is CCCC(C(=O)[O-])C(=O)Cl. The van der Waals surface area contributed by atoms with E-state index in [2.05, 4.69) is 0 Å². The average Bonchev–Trinajstić information content (AvgIpc) is 1.81. The number of halogens is 1. The Morgan fingerprint density at radius 3 is 2.20 bits per heavy atom. The Kier molecular flexibility index (Phi) is 4.03. The topological polar surface area (TPSA) is 57.2 Å². The summed E-state index contributed by atoms with van der Waals surface area (Å²) in [6, 6.07) is 0.